The molecule has 4 rings (SSSR count). The van der Waals surface area contributed by atoms with Crippen LogP contribution >= 0.6 is 0 Å². The number of nitrogens with zero attached hydrogens (tertiary/aromatic N) is 5. The van der Waals surface area contributed by atoms with E-state index in [0.717, 1.165) is 10.1 Å². The van der Waals surface area contributed by atoms with Gasteiger partial charge in [0.05, 0.1) is 47.7 Å². The molecule has 8 nitrogen and oxygen atoms in total. The maximum Gasteiger partial charge on any atom is 0.335 e. The standard InChI is InChI=1S/C23H19N5O3/c1-15-5-4-6-18(13-15)27-20(14-29)21(22(30)26(3)23(27)31)19-11-12-25-28(19)17-9-7-16(24-2)8-10-17/h4-13,29H,14H2,1,3H3. The molecule has 0 unspecified atom stereocenters. The van der Waals surface area contributed by atoms with Gasteiger partial charge in [-0.15, -0.1) is 0 Å². The van der Waals surface area contributed by atoms with Crippen LogP contribution in [0, 0.1) is 13.5 Å². The predicted octanol–water partition coefficient (Wildman–Crippen LogP) is 2.74. The number of hydrogen-bond donors (Lipinski definition) is 1. The molecule has 0 amide bonds. The Bertz CT molecular complexity index is 1440. The third kappa shape index (κ3) is 3.37. The molecule has 0 aliphatic heterocycles. The van der Waals surface area contributed by atoms with Gasteiger partial charge in [0.1, 0.15) is 0 Å². The largest absolute Gasteiger partial charge is 0.390 e. The van der Waals surface area contributed by atoms with Crippen LogP contribution in [-0.2, 0) is 13.7 Å². The molecule has 31 heavy (non-hydrogen) atoms. The normalized spacial score (nSPS) is 10.8. The monoisotopic (exact) mass is 413 g/mol. The molecule has 0 saturated heterocycles. The molecule has 1 N–H and O–H groups in total. The van der Waals surface area contributed by atoms with Crippen LogP contribution in [-0.4, -0.2) is 24.0 Å². The number of aliphatic hydroxyl groups excluding tert-OH is 1. The van der Waals surface area contributed by atoms with Crippen LogP contribution < -0.4 is 11.2 Å². The van der Waals surface area contributed by atoms with Crippen LogP contribution in [0.25, 0.3) is 27.5 Å². The minimum atomic E-state index is -0.545. The third-order valence-electron chi connectivity index (χ3n) is 5.09. The van der Waals surface area contributed by atoms with E-state index in [1.54, 1.807) is 47.3 Å². The zero-order valence-corrected chi connectivity index (χ0v) is 17.0. The molecular formula is C23H19N5O3. The highest BCUT2D eigenvalue weighted by atomic mass is 16.3. The summed E-state index contributed by atoms with van der Waals surface area (Å²) in [7, 11) is 1.41. The van der Waals surface area contributed by atoms with Gasteiger partial charge in [-0.1, -0.05) is 24.3 Å². The van der Waals surface area contributed by atoms with E-state index in [-0.39, 0.29) is 11.3 Å². The molecule has 4 aromatic rings. The van der Waals surface area contributed by atoms with Crippen LogP contribution in [0.15, 0.2) is 70.4 Å². The van der Waals surface area contributed by atoms with Crippen molar-refractivity contribution in [2.45, 2.75) is 13.5 Å². The summed E-state index contributed by atoms with van der Waals surface area (Å²) in [5, 5.41) is 14.6. The van der Waals surface area contributed by atoms with Crippen molar-refractivity contribution >= 4 is 5.69 Å². The zero-order valence-electron chi connectivity index (χ0n) is 17.0. The lowest BCUT2D eigenvalue weighted by molar-refractivity contribution is 0.272. The summed E-state index contributed by atoms with van der Waals surface area (Å²) >= 11 is 0. The van der Waals surface area contributed by atoms with Gasteiger partial charge in [-0.25, -0.2) is 14.3 Å². The summed E-state index contributed by atoms with van der Waals surface area (Å²) in [6, 6.07) is 15.7. The topological polar surface area (TPSA) is 86.4 Å². The number of aromatic nitrogens is 4. The molecule has 154 valence electrons. The van der Waals surface area contributed by atoms with Crippen molar-refractivity contribution in [3.05, 3.63) is 104 Å². The second-order valence-electron chi connectivity index (χ2n) is 7.06. The molecule has 0 aliphatic rings. The third-order valence-corrected chi connectivity index (χ3v) is 5.09. The smallest absolute Gasteiger partial charge is 0.335 e. The van der Waals surface area contributed by atoms with E-state index in [4.69, 9.17) is 6.57 Å². The molecule has 0 spiro atoms. The summed E-state index contributed by atoms with van der Waals surface area (Å²) in [5.74, 6) is 0. The van der Waals surface area contributed by atoms with E-state index in [9.17, 15) is 14.7 Å². The average Bonchev–Trinajstić information content (AvgIpc) is 3.26. The van der Waals surface area contributed by atoms with Gasteiger partial charge in [-0.05, 0) is 42.8 Å². The molecule has 8 heteroatoms. The van der Waals surface area contributed by atoms with Crippen molar-refractivity contribution in [2.24, 2.45) is 7.05 Å². The van der Waals surface area contributed by atoms with Gasteiger partial charge in [-0.2, -0.15) is 5.10 Å². The van der Waals surface area contributed by atoms with E-state index in [2.05, 4.69) is 9.94 Å². The Morgan fingerprint density at radius 1 is 1.06 bits per heavy atom. The van der Waals surface area contributed by atoms with Crippen molar-refractivity contribution in [3.8, 4) is 22.6 Å². The Morgan fingerprint density at radius 3 is 2.45 bits per heavy atom. The number of aliphatic hydroxyl groups is 1. The first kappa shape index (κ1) is 20.1. The van der Waals surface area contributed by atoms with Crippen LogP contribution in [0.3, 0.4) is 0 Å². The van der Waals surface area contributed by atoms with Gasteiger partial charge in [-0.3, -0.25) is 13.9 Å². The fourth-order valence-electron chi connectivity index (χ4n) is 3.56. The highest BCUT2D eigenvalue weighted by Gasteiger charge is 2.22. The molecular weight excluding hydrogens is 394 g/mol. The zero-order chi connectivity index (χ0) is 22.1. The van der Waals surface area contributed by atoms with Crippen LogP contribution in [0.2, 0.25) is 0 Å². The highest BCUT2D eigenvalue weighted by Crippen LogP contribution is 2.25. The van der Waals surface area contributed by atoms with E-state index >= 15 is 0 Å². The Labute approximate surface area is 177 Å². The van der Waals surface area contributed by atoms with Gasteiger partial charge in [0.2, 0.25) is 0 Å². The van der Waals surface area contributed by atoms with E-state index in [0.29, 0.717) is 22.8 Å². The molecule has 2 aromatic carbocycles. The second-order valence-corrected chi connectivity index (χ2v) is 7.06. The lowest BCUT2D eigenvalue weighted by Gasteiger charge is -2.18. The first-order chi connectivity index (χ1) is 15.0. The highest BCUT2D eigenvalue weighted by molar-refractivity contribution is 5.65. The van der Waals surface area contributed by atoms with Gasteiger partial charge in [0, 0.05) is 7.05 Å². The second kappa shape index (κ2) is 7.89. The first-order valence-electron chi connectivity index (χ1n) is 9.51. The van der Waals surface area contributed by atoms with Crippen molar-refractivity contribution in [1.82, 2.24) is 18.9 Å². The molecule has 0 bridgehead atoms. The molecule has 0 saturated carbocycles. The van der Waals surface area contributed by atoms with E-state index in [1.165, 1.54) is 11.6 Å². The van der Waals surface area contributed by atoms with Gasteiger partial charge >= 0.3 is 5.69 Å². The fraction of sp³-hybridized carbons (Fsp3) is 0.130. The van der Waals surface area contributed by atoms with Crippen LogP contribution in [0.4, 0.5) is 5.69 Å². The lowest BCUT2D eigenvalue weighted by Crippen LogP contribution is -2.40. The molecule has 0 radical (unpaired) electrons. The fourth-order valence-corrected chi connectivity index (χ4v) is 3.56. The SMILES string of the molecule is [C-]#[N+]c1ccc(-n2nccc2-c2c(CO)n(-c3cccc(C)c3)c(=O)n(C)c2=O)cc1. The number of rotatable bonds is 4. The lowest BCUT2D eigenvalue weighted by atomic mass is 10.1. The van der Waals surface area contributed by atoms with E-state index < -0.39 is 17.9 Å². The molecule has 2 heterocycles. The van der Waals surface area contributed by atoms with Crippen LogP contribution in [0.5, 0.6) is 0 Å². The maximum atomic E-state index is 13.2. The van der Waals surface area contributed by atoms with E-state index in [1.807, 2.05) is 25.1 Å². The summed E-state index contributed by atoms with van der Waals surface area (Å²) in [4.78, 5) is 29.5. The number of hydrogen-bond acceptors (Lipinski definition) is 4. The predicted molar refractivity (Wildman–Crippen MR) is 117 cm³/mol. The first-order valence-corrected chi connectivity index (χ1v) is 9.51. The summed E-state index contributed by atoms with van der Waals surface area (Å²) < 4.78 is 3.92. The Morgan fingerprint density at radius 2 is 1.81 bits per heavy atom. The minimum absolute atomic E-state index is 0.179. The summed E-state index contributed by atoms with van der Waals surface area (Å²) in [6.45, 7) is 8.49. The van der Waals surface area contributed by atoms with Crippen molar-refractivity contribution < 1.29 is 5.11 Å². The van der Waals surface area contributed by atoms with Gasteiger partial charge in [0.25, 0.3) is 5.56 Å². The van der Waals surface area contributed by atoms with Crippen molar-refractivity contribution in [2.75, 3.05) is 0 Å². The minimum Gasteiger partial charge on any atom is -0.390 e. The molecule has 0 fully saturated rings. The van der Waals surface area contributed by atoms with Gasteiger partial charge < -0.3 is 5.11 Å². The Kier molecular flexibility index (Phi) is 5.11. The molecule has 0 aliphatic carbocycles. The maximum absolute atomic E-state index is 13.2. The summed E-state index contributed by atoms with van der Waals surface area (Å²) in [5.41, 5.74) is 2.34. The average molecular weight is 413 g/mol. The Balaban J connectivity index is 2.03. The van der Waals surface area contributed by atoms with Crippen molar-refractivity contribution in [3.63, 3.8) is 0 Å². The van der Waals surface area contributed by atoms with Crippen molar-refractivity contribution in [1.29, 1.82) is 0 Å². The quantitative estimate of drug-likeness (QED) is 0.521. The molecule has 0 atom stereocenters. The van der Waals surface area contributed by atoms with Crippen LogP contribution in [0.1, 0.15) is 11.3 Å². The molecule has 2 aromatic heterocycles. The summed E-state index contributed by atoms with van der Waals surface area (Å²) in [6.07, 6.45) is 1.54. The Hall–Kier alpha value is -4.22. The number of aryl methyl sites for hydroxylation is 1. The number of benzene rings is 2. The van der Waals surface area contributed by atoms with Gasteiger partial charge in [0.15, 0.2) is 5.69 Å².